The number of carbonyl (C=O) groups is 1. The van der Waals surface area contributed by atoms with Crippen molar-refractivity contribution in [2.75, 3.05) is 0 Å². The summed E-state index contributed by atoms with van der Waals surface area (Å²) in [5.74, 6) is -0.175. The van der Waals surface area contributed by atoms with Gasteiger partial charge in [0.1, 0.15) is 0 Å². The number of fused-ring (bicyclic) bond motifs is 1. The third-order valence-electron chi connectivity index (χ3n) is 4.24. The molecule has 0 spiro atoms. The van der Waals surface area contributed by atoms with Crippen molar-refractivity contribution < 1.29 is 4.79 Å². The molecule has 0 aliphatic carbocycles. The topological polar surface area (TPSA) is 55.2 Å². The summed E-state index contributed by atoms with van der Waals surface area (Å²) in [5.41, 5.74) is 1.16. The Kier molecular flexibility index (Phi) is 4.65. The SMILES string of the molecule is CC(C)N(Cc1ccccc1)C(=O)c1nn(C)c(=O)c2ccccc12. The zero-order valence-corrected chi connectivity index (χ0v) is 14.6. The lowest BCUT2D eigenvalue weighted by Gasteiger charge is -2.27. The molecule has 0 saturated heterocycles. The Bertz CT molecular complexity index is 962. The summed E-state index contributed by atoms with van der Waals surface area (Å²) in [6.07, 6.45) is 0. The second kappa shape index (κ2) is 6.89. The molecule has 2 aromatic carbocycles. The highest BCUT2D eigenvalue weighted by Crippen LogP contribution is 2.18. The van der Waals surface area contributed by atoms with E-state index in [0.29, 0.717) is 23.0 Å². The Morgan fingerprint density at radius 2 is 1.64 bits per heavy atom. The van der Waals surface area contributed by atoms with Gasteiger partial charge in [-0.05, 0) is 25.5 Å². The van der Waals surface area contributed by atoms with Gasteiger partial charge in [-0.2, -0.15) is 5.10 Å². The number of benzene rings is 2. The zero-order chi connectivity index (χ0) is 18.0. The highest BCUT2D eigenvalue weighted by Gasteiger charge is 2.23. The van der Waals surface area contributed by atoms with E-state index in [1.807, 2.05) is 50.2 Å². The summed E-state index contributed by atoms with van der Waals surface area (Å²) in [7, 11) is 1.57. The lowest BCUT2D eigenvalue weighted by Crippen LogP contribution is -2.38. The van der Waals surface area contributed by atoms with Gasteiger partial charge < -0.3 is 4.90 Å². The van der Waals surface area contributed by atoms with Crippen LogP contribution in [0.5, 0.6) is 0 Å². The Morgan fingerprint density at radius 1 is 1.04 bits per heavy atom. The van der Waals surface area contributed by atoms with Crippen molar-refractivity contribution in [1.82, 2.24) is 14.7 Å². The second-order valence-corrected chi connectivity index (χ2v) is 6.34. The molecule has 0 saturated carbocycles. The average molecular weight is 335 g/mol. The standard InChI is InChI=1S/C20H21N3O2/c1-14(2)23(13-15-9-5-4-6-10-15)20(25)18-16-11-7-8-12-17(16)19(24)22(3)21-18/h4-12,14H,13H2,1-3H3. The molecule has 0 radical (unpaired) electrons. The van der Waals surface area contributed by atoms with Crippen LogP contribution in [0.1, 0.15) is 29.9 Å². The fourth-order valence-electron chi connectivity index (χ4n) is 2.86. The van der Waals surface area contributed by atoms with Crippen LogP contribution in [0.4, 0.5) is 0 Å². The number of aryl methyl sites for hydroxylation is 1. The van der Waals surface area contributed by atoms with Crippen molar-refractivity contribution in [2.24, 2.45) is 7.05 Å². The second-order valence-electron chi connectivity index (χ2n) is 6.34. The van der Waals surface area contributed by atoms with Crippen molar-refractivity contribution in [3.05, 3.63) is 76.2 Å². The van der Waals surface area contributed by atoms with Gasteiger partial charge in [0.2, 0.25) is 0 Å². The maximum absolute atomic E-state index is 13.2. The van der Waals surface area contributed by atoms with Crippen LogP contribution >= 0.6 is 0 Å². The van der Waals surface area contributed by atoms with Crippen LogP contribution in [0.25, 0.3) is 10.8 Å². The zero-order valence-electron chi connectivity index (χ0n) is 14.6. The highest BCUT2D eigenvalue weighted by atomic mass is 16.2. The minimum atomic E-state index is -0.202. The van der Waals surface area contributed by atoms with Crippen LogP contribution in [-0.4, -0.2) is 26.6 Å². The summed E-state index contributed by atoms with van der Waals surface area (Å²) in [5, 5.41) is 5.36. The van der Waals surface area contributed by atoms with E-state index >= 15 is 0 Å². The van der Waals surface area contributed by atoms with Crippen molar-refractivity contribution in [3.8, 4) is 0 Å². The number of hydrogen-bond donors (Lipinski definition) is 0. The van der Waals surface area contributed by atoms with Gasteiger partial charge >= 0.3 is 0 Å². The van der Waals surface area contributed by atoms with Crippen LogP contribution < -0.4 is 5.56 Å². The van der Waals surface area contributed by atoms with E-state index in [9.17, 15) is 9.59 Å². The molecule has 128 valence electrons. The van der Waals surface area contributed by atoms with Crippen LogP contribution in [0.3, 0.4) is 0 Å². The molecular weight excluding hydrogens is 314 g/mol. The molecule has 0 bridgehead atoms. The van der Waals surface area contributed by atoms with Crippen molar-refractivity contribution >= 4 is 16.7 Å². The number of nitrogens with zero attached hydrogens (tertiary/aromatic N) is 3. The predicted octanol–water partition coefficient (Wildman–Crippen LogP) is 2.98. The van der Waals surface area contributed by atoms with E-state index in [4.69, 9.17) is 0 Å². The minimum absolute atomic E-state index is 0.00509. The average Bonchev–Trinajstić information content (AvgIpc) is 2.63. The van der Waals surface area contributed by atoms with Crippen LogP contribution in [-0.2, 0) is 13.6 Å². The van der Waals surface area contributed by atoms with Gasteiger partial charge in [-0.1, -0.05) is 48.5 Å². The van der Waals surface area contributed by atoms with Gasteiger partial charge in [-0.3, -0.25) is 9.59 Å². The maximum Gasteiger partial charge on any atom is 0.275 e. The number of aromatic nitrogens is 2. The Labute approximate surface area is 146 Å². The van der Waals surface area contributed by atoms with E-state index in [1.165, 1.54) is 4.68 Å². The quantitative estimate of drug-likeness (QED) is 0.736. The highest BCUT2D eigenvalue weighted by molar-refractivity contribution is 6.04. The normalized spacial score (nSPS) is 11.0. The molecule has 3 aromatic rings. The van der Waals surface area contributed by atoms with Gasteiger partial charge in [0.25, 0.3) is 11.5 Å². The van der Waals surface area contributed by atoms with Crippen LogP contribution in [0.2, 0.25) is 0 Å². The first-order valence-corrected chi connectivity index (χ1v) is 8.30. The molecule has 0 N–H and O–H groups in total. The molecule has 0 unspecified atom stereocenters. The smallest absolute Gasteiger partial charge is 0.275 e. The molecule has 1 aromatic heterocycles. The third kappa shape index (κ3) is 3.31. The molecule has 1 heterocycles. The molecule has 0 aliphatic heterocycles. The monoisotopic (exact) mass is 335 g/mol. The third-order valence-corrected chi connectivity index (χ3v) is 4.24. The molecule has 25 heavy (non-hydrogen) atoms. The van der Waals surface area contributed by atoms with Crippen molar-refractivity contribution in [1.29, 1.82) is 0 Å². The number of hydrogen-bond acceptors (Lipinski definition) is 3. The van der Waals surface area contributed by atoms with E-state index in [-0.39, 0.29) is 17.5 Å². The van der Waals surface area contributed by atoms with E-state index in [1.54, 1.807) is 30.1 Å². The van der Waals surface area contributed by atoms with E-state index in [0.717, 1.165) is 5.56 Å². The number of amides is 1. The number of rotatable bonds is 4. The van der Waals surface area contributed by atoms with Gasteiger partial charge in [0, 0.05) is 25.0 Å². The predicted molar refractivity (Wildman–Crippen MR) is 98.4 cm³/mol. The summed E-state index contributed by atoms with van der Waals surface area (Å²) >= 11 is 0. The summed E-state index contributed by atoms with van der Waals surface area (Å²) in [4.78, 5) is 27.3. The summed E-state index contributed by atoms with van der Waals surface area (Å²) in [6, 6.07) is 17.0. The minimum Gasteiger partial charge on any atom is -0.330 e. The number of carbonyl (C=O) groups excluding carboxylic acids is 1. The first kappa shape index (κ1) is 16.9. The first-order chi connectivity index (χ1) is 12.0. The molecule has 5 heteroatoms. The lowest BCUT2D eigenvalue weighted by molar-refractivity contribution is 0.0684. The van der Waals surface area contributed by atoms with E-state index in [2.05, 4.69) is 5.10 Å². The maximum atomic E-state index is 13.2. The molecule has 0 fully saturated rings. The molecule has 3 rings (SSSR count). The fourth-order valence-corrected chi connectivity index (χ4v) is 2.86. The Balaban J connectivity index is 2.08. The molecule has 0 atom stereocenters. The van der Waals surface area contributed by atoms with Crippen molar-refractivity contribution in [2.45, 2.75) is 26.4 Å². The van der Waals surface area contributed by atoms with Gasteiger partial charge in [-0.15, -0.1) is 0 Å². The summed E-state index contributed by atoms with van der Waals surface area (Å²) in [6.45, 7) is 4.45. The van der Waals surface area contributed by atoms with Crippen molar-refractivity contribution in [3.63, 3.8) is 0 Å². The van der Waals surface area contributed by atoms with Crippen LogP contribution in [0, 0.1) is 0 Å². The lowest BCUT2D eigenvalue weighted by atomic mass is 10.1. The molecular formula is C20H21N3O2. The largest absolute Gasteiger partial charge is 0.330 e. The Hall–Kier alpha value is -2.95. The van der Waals surface area contributed by atoms with Crippen LogP contribution in [0.15, 0.2) is 59.4 Å². The van der Waals surface area contributed by atoms with Gasteiger partial charge in [-0.25, -0.2) is 4.68 Å². The van der Waals surface area contributed by atoms with Gasteiger partial charge in [0.05, 0.1) is 5.39 Å². The molecule has 1 amide bonds. The fraction of sp³-hybridized carbons (Fsp3) is 0.250. The molecule has 0 aliphatic rings. The molecule has 5 nitrogen and oxygen atoms in total. The van der Waals surface area contributed by atoms with E-state index < -0.39 is 0 Å². The van der Waals surface area contributed by atoms with Gasteiger partial charge in [0.15, 0.2) is 5.69 Å². The Morgan fingerprint density at radius 3 is 2.28 bits per heavy atom. The first-order valence-electron chi connectivity index (χ1n) is 8.30. The summed E-state index contributed by atoms with van der Waals surface area (Å²) < 4.78 is 1.23.